The van der Waals surface area contributed by atoms with Crippen molar-refractivity contribution in [3.05, 3.63) is 12.7 Å². The van der Waals surface area contributed by atoms with Gasteiger partial charge in [0.25, 0.3) is 0 Å². The molecule has 0 bridgehead atoms. The van der Waals surface area contributed by atoms with E-state index in [4.69, 9.17) is 5.11 Å². The average molecular weight is 240 g/mol. The van der Waals surface area contributed by atoms with Crippen LogP contribution in [0.5, 0.6) is 0 Å². The van der Waals surface area contributed by atoms with Crippen molar-refractivity contribution in [3.8, 4) is 0 Å². The number of urea groups is 1. The summed E-state index contributed by atoms with van der Waals surface area (Å²) in [5, 5.41) is 11.3. The molecule has 0 aromatic heterocycles. The Morgan fingerprint density at radius 2 is 2.06 bits per heavy atom. The van der Waals surface area contributed by atoms with Gasteiger partial charge in [0.1, 0.15) is 0 Å². The second-order valence-corrected chi connectivity index (χ2v) is 4.34. The Kier molecular flexibility index (Phi) is 5.52. The number of carbonyl (C=O) groups excluding carboxylic acids is 1. The number of carbonyl (C=O) groups is 2. The van der Waals surface area contributed by atoms with Gasteiger partial charge in [-0.05, 0) is 25.2 Å². The Morgan fingerprint density at radius 3 is 2.59 bits per heavy atom. The van der Waals surface area contributed by atoms with Gasteiger partial charge < -0.3 is 15.3 Å². The summed E-state index contributed by atoms with van der Waals surface area (Å²) in [4.78, 5) is 23.8. The van der Waals surface area contributed by atoms with Crippen LogP contribution in [0.1, 0.15) is 25.7 Å². The van der Waals surface area contributed by atoms with Crippen LogP contribution in [0.2, 0.25) is 0 Å². The lowest BCUT2D eigenvalue weighted by Gasteiger charge is -2.31. The van der Waals surface area contributed by atoms with Crippen molar-refractivity contribution in [2.75, 3.05) is 19.6 Å². The van der Waals surface area contributed by atoms with Crippen LogP contribution in [-0.2, 0) is 4.79 Å². The molecule has 1 heterocycles. The van der Waals surface area contributed by atoms with Gasteiger partial charge in [0, 0.05) is 26.1 Å². The van der Waals surface area contributed by atoms with Gasteiger partial charge in [0.2, 0.25) is 0 Å². The van der Waals surface area contributed by atoms with Crippen LogP contribution in [0.25, 0.3) is 0 Å². The third kappa shape index (κ3) is 4.89. The van der Waals surface area contributed by atoms with Gasteiger partial charge in [0.15, 0.2) is 0 Å². The third-order valence-electron chi connectivity index (χ3n) is 3.07. The molecule has 1 aliphatic heterocycles. The molecule has 17 heavy (non-hydrogen) atoms. The van der Waals surface area contributed by atoms with Gasteiger partial charge in [-0.15, -0.1) is 6.58 Å². The molecule has 0 aromatic carbocycles. The Morgan fingerprint density at radius 1 is 1.41 bits per heavy atom. The van der Waals surface area contributed by atoms with Crippen LogP contribution < -0.4 is 5.32 Å². The number of piperidine rings is 1. The Hall–Kier alpha value is -1.52. The summed E-state index contributed by atoms with van der Waals surface area (Å²) in [6.45, 7) is 5.46. The van der Waals surface area contributed by atoms with E-state index in [1.54, 1.807) is 11.0 Å². The van der Waals surface area contributed by atoms with E-state index in [9.17, 15) is 9.59 Å². The number of amides is 2. The SMILES string of the molecule is C=CCNC(=O)N1CCC(CCC(=O)O)CC1. The number of rotatable bonds is 5. The van der Waals surface area contributed by atoms with Gasteiger partial charge in [-0.1, -0.05) is 6.08 Å². The Labute approximate surface area is 101 Å². The molecule has 2 amide bonds. The predicted octanol–water partition coefficient (Wildman–Crippen LogP) is 1.46. The molecular weight excluding hydrogens is 220 g/mol. The average Bonchev–Trinajstić information content (AvgIpc) is 2.34. The number of nitrogens with one attached hydrogen (secondary N) is 1. The third-order valence-corrected chi connectivity index (χ3v) is 3.07. The first-order valence-corrected chi connectivity index (χ1v) is 5.99. The molecule has 0 saturated carbocycles. The number of likely N-dealkylation sites (tertiary alicyclic amines) is 1. The molecule has 0 spiro atoms. The van der Waals surface area contributed by atoms with Crippen molar-refractivity contribution in [3.63, 3.8) is 0 Å². The normalized spacial score (nSPS) is 16.6. The smallest absolute Gasteiger partial charge is 0.317 e. The molecule has 0 aliphatic carbocycles. The van der Waals surface area contributed by atoms with Crippen molar-refractivity contribution < 1.29 is 14.7 Å². The van der Waals surface area contributed by atoms with Crippen molar-refractivity contribution in [2.45, 2.75) is 25.7 Å². The van der Waals surface area contributed by atoms with E-state index < -0.39 is 5.97 Å². The quantitative estimate of drug-likeness (QED) is 0.715. The summed E-state index contributed by atoms with van der Waals surface area (Å²) >= 11 is 0. The number of aliphatic carboxylic acids is 1. The van der Waals surface area contributed by atoms with E-state index in [-0.39, 0.29) is 12.5 Å². The van der Waals surface area contributed by atoms with E-state index in [1.165, 1.54) is 0 Å². The van der Waals surface area contributed by atoms with Crippen molar-refractivity contribution in [2.24, 2.45) is 5.92 Å². The van der Waals surface area contributed by atoms with Gasteiger partial charge in [-0.2, -0.15) is 0 Å². The first-order valence-electron chi connectivity index (χ1n) is 5.99. The Bertz CT molecular complexity index is 283. The second kappa shape index (κ2) is 6.93. The molecule has 1 saturated heterocycles. The van der Waals surface area contributed by atoms with Gasteiger partial charge >= 0.3 is 12.0 Å². The minimum absolute atomic E-state index is 0.0541. The first-order chi connectivity index (χ1) is 8.13. The van der Waals surface area contributed by atoms with Crippen molar-refractivity contribution in [1.29, 1.82) is 0 Å². The molecule has 0 unspecified atom stereocenters. The lowest BCUT2D eigenvalue weighted by Crippen LogP contribution is -2.44. The van der Waals surface area contributed by atoms with Gasteiger partial charge in [-0.3, -0.25) is 4.79 Å². The molecular formula is C12H20N2O3. The number of carboxylic acids is 1. The zero-order valence-electron chi connectivity index (χ0n) is 10.0. The maximum Gasteiger partial charge on any atom is 0.317 e. The van der Waals surface area contributed by atoms with E-state index in [0.29, 0.717) is 25.6 Å². The summed E-state index contributed by atoms with van der Waals surface area (Å²) in [6.07, 6.45) is 4.39. The molecule has 5 nitrogen and oxygen atoms in total. The van der Waals surface area contributed by atoms with E-state index >= 15 is 0 Å². The number of carboxylic acid groups (broad SMARTS) is 1. The summed E-state index contributed by atoms with van der Waals surface area (Å²) in [7, 11) is 0. The largest absolute Gasteiger partial charge is 0.481 e. The molecule has 0 radical (unpaired) electrons. The molecule has 1 aliphatic rings. The number of hydrogen-bond donors (Lipinski definition) is 2. The van der Waals surface area contributed by atoms with Crippen LogP contribution in [0.4, 0.5) is 4.79 Å². The molecule has 96 valence electrons. The summed E-state index contributed by atoms with van der Waals surface area (Å²) in [6, 6.07) is -0.0541. The Balaban J connectivity index is 2.23. The van der Waals surface area contributed by atoms with Crippen LogP contribution in [0.3, 0.4) is 0 Å². The van der Waals surface area contributed by atoms with Crippen LogP contribution in [0.15, 0.2) is 12.7 Å². The van der Waals surface area contributed by atoms with E-state index in [1.807, 2.05) is 0 Å². The zero-order valence-corrected chi connectivity index (χ0v) is 10.0. The van der Waals surface area contributed by atoms with Crippen molar-refractivity contribution >= 4 is 12.0 Å². The molecule has 2 N–H and O–H groups in total. The summed E-state index contributed by atoms with van der Waals surface area (Å²) in [5.41, 5.74) is 0. The van der Waals surface area contributed by atoms with E-state index in [0.717, 1.165) is 19.3 Å². The molecule has 1 fully saturated rings. The van der Waals surface area contributed by atoms with Crippen LogP contribution in [-0.4, -0.2) is 41.6 Å². The lowest BCUT2D eigenvalue weighted by molar-refractivity contribution is -0.137. The monoisotopic (exact) mass is 240 g/mol. The summed E-state index contributed by atoms with van der Waals surface area (Å²) < 4.78 is 0. The van der Waals surface area contributed by atoms with Crippen LogP contribution >= 0.6 is 0 Å². The summed E-state index contributed by atoms with van der Waals surface area (Å²) in [5.74, 6) is -0.300. The fraction of sp³-hybridized carbons (Fsp3) is 0.667. The standard InChI is InChI=1S/C12H20N2O3/c1-2-7-13-12(17)14-8-5-10(6-9-14)3-4-11(15)16/h2,10H,1,3-9H2,(H,13,17)(H,15,16). The molecule has 0 aromatic rings. The van der Waals surface area contributed by atoms with Crippen LogP contribution in [0, 0.1) is 5.92 Å². The zero-order chi connectivity index (χ0) is 12.7. The number of nitrogens with zero attached hydrogens (tertiary/aromatic N) is 1. The minimum atomic E-state index is -0.740. The fourth-order valence-electron chi connectivity index (χ4n) is 2.02. The highest BCUT2D eigenvalue weighted by atomic mass is 16.4. The topological polar surface area (TPSA) is 69.6 Å². The highest BCUT2D eigenvalue weighted by Crippen LogP contribution is 2.21. The van der Waals surface area contributed by atoms with Gasteiger partial charge in [0.05, 0.1) is 0 Å². The maximum absolute atomic E-state index is 11.6. The number of hydrogen-bond acceptors (Lipinski definition) is 2. The first kappa shape index (κ1) is 13.5. The fourth-order valence-corrected chi connectivity index (χ4v) is 2.02. The predicted molar refractivity (Wildman–Crippen MR) is 64.8 cm³/mol. The lowest BCUT2D eigenvalue weighted by atomic mass is 9.92. The maximum atomic E-state index is 11.6. The molecule has 1 rings (SSSR count). The van der Waals surface area contributed by atoms with E-state index in [2.05, 4.69) is 11.9 Å². The van der Waals surface area contributed by atoms with Gasteiger partial charge in [-0.25, -0.2) is 4.79 Å². The molecule has 0 atom stereocenters. The second-order valence-electron chi connectivity index (χ2n) is 4.34. The highest BCUT2D eigenvalue weighted by molar-refractivity contribution is 5.74. The molecule has 5 heteroatoms. The minimum Gasteiger partial charge on any atom is -0.481 e. The van der Waals surface area contributed by atoms with Crippen molar-refractivity contribution in [1.82, 2.24) is 10.2 Å². The highest BCUT2D eigenvalue weighted by Gasteiger charge is 2.22.